The number of rotatable bonds is 8. The number of halogens is 6. The number of carbonyl (C=O) groups excluding carboxylic acids is 1. The van der Waals surface area contributed by atoms with Gasteiger partial charge in [0, 0.05) is 53.5 Å². The van der Waals surface area contributed by atoms with Crippen LogP contribution in [0.25, 0.3) is 10.9 Å². The van der Waals surface area contributed by atoms with Crippen molar-refractivity contribution in [3.05, 3.63) is 64.4 Å². The maximum absolute atomic E-state index is 15.7. The van der Waals surface area contributed by atoms with Crippen molar-refractivity contribution in [3.63, 3.8) is 0 Å². The zero-order valence-electron chi connectivity index (χ0n) is 22.0. The molecule has 2 atom stereocenters. The number of hydrogen-bond acceptors (Lipinski definition) is 5. The lowest BCUT2D eigenvalue weighted by Crippen LogP contribution is -2.54. The first kappa shape index (κ1) is 28.3. The van der Waals surface area contributed by atoms with Crippen LogP contribution in [0.5, 0.6) is 0 Å². The molecule has 1 fully saturated rings. The van der Waals surface area contributed by atoms with E-state index in [1.54, 1.807) is 19.1 Å². The Hall–Kier alpha value is -3.25. The Balaban J connectivity index is 1.53. The summed E-state index contributed by atoms with van der Waals surface area (Å²) in [6.45, 7) is 1.60. The third-order valence-electron chi connectivity index (χ3n) is 7.68. The maximum atomic E-state index is 15.7. The Morgan fingerprint density at radius 2 is 1.85 bits per heavy atom. The third-order valence-corrected chi connectivity index (χ3v) is 7.68. The SMILES string of the molecule is COC(=O)c1ccc2c3c([nH]c2c1)[C@@H](c1c(F)cc(NC2CN(CCCF)C2)cc1F)N(CC(F)(F)F)[C@H](C)C3. The van der Waals surface area contributed by atoms with Crippen LogP contribution < -0.4 is 5.32 Å². The van der Waals surface area contributed by atoms with Crippen LogP contribution in [0.2, 0.25) is 0 Å². The highest BCUT2D eigenvalue weighted by Crippen LogP contribution is 2.44. The Bertz CT molecular complexity index is 1380. The van der Waals surface area contributed by atoms with Crippen molar-refractivity contribution >= 4 is 22.6 Å². The van der Waals surface area contributed by atoms with Crippen molar-refractivity contribution in [2.75, 3.05) is 45.3 Å². The van der Waals surface area contributed by atoms with E-state index in [4.69, 9.17) is 4.74 Å². The molecule has 0 unspecified atom stereocenters. The molecule has 40 heavy (non-hydrogen) atoms. The molecule has 2 aliphatic rings. The second-order valence-corrected chi connectivity index (χ2v) is 10.5. The van der Waals surface area contributed by atoms with E-state index in [9.17, 15) is 22.4 Å². The van der Waals surface area contributed by atoms with Gasteiger partial charge in [-0.1, -0.05) is 6.07 Å². The first-order chi connectivity index (χ1) is 19.0. The molecule has 0 saturated carbocycles. The van der Waals surface area contributed by atoms with Crippen molar-refractivity contribution < 1.29 is 35.9 Å². The first-order valence-electron chi connectivity index (χ1n) is 13.1. The number of anilines is 1. The third kappa shape index (κ3) is 5.51. The van der Waals surface area contributed by atoms with E-state index < -0.39 is 54.6 Å². The van der Waals surface area contributed by atoms with Gasteiger partial charge < -0.3 is 15.0 Å². The van der Waals surface area contributed by atoms with Crippen molar-refractivity contribution in [1.29, 1.82) is 0 Å². The molecule has 0 aliphatic carbocycles. The number of nitrogens with one attached hydrogen (secondary N) is 2. The highest BCUT2D eigenvalue weighted by Gasteiger charge is 2.44. The second-order valence-electron chi connectivity index (χ2n) is 10.5. The average molecular weight is 569 g/mol. The number of hydrogen-bond donors (Lipinski definition) is 2. The smallest absolute Gasteiger partial charge is 0.401 e. The number of aromatic amines is 1. The number of benzene rings is 2. The van der Waals surface area contributed by atoms with E-state index >= 15 is 8.78 Å². The minimum absolute atomic E-state index is 0.0787. The molecule has 5 rings (SSSR count). The molecule has 0 radical (unpaired) electrons. The molecule has 2 aliphatic heterocycles. The summed E-state index contributed by atoms with van der Waals surface area (Å²) in [5.41, 5.74) is 1.28. The number of alkyl halides is 4. The number of esters is 1. The predicted octanol–water partition coefficient (Wildman–Crippen LogP) is 5.59. The minimum atomic E-state index is -4.61. The van der Waals surface area contributed by atoms with Crippen molar-refractivity contribution in [2.45, 2.75) is 44.1 Å². The number of aromatic nitrogens is 1. The molecule has 6 nitrogen and oxygen atoms in total. The molecule has 12 heteroatoms. The van der Waals surface area contributed by atoms with Gasteiger partial charge in [0.05, 0.1) is 38.0 Å². The number of likely N-dealkylation sites (tertiary alicyclic amines) is 1. The number of ether oxygens (including phenoxy) is 1. The number of methoxy groups -OCH3 is 1. The second kappa shape index (κ2) is 11.0. The van der Waals surface area contributed by atoms with Crippen LogP contribution in [0.1, 0.15) is 46.6 Å². The van der Waals surface area contributed by atoms with Crippen molar-refractivity contribution in [2.24, 2.45) is 0 Å². The van der Waals surface area contributed by atoms with Crippen LogP contribution >= 0.6 is 0 Å². The number of H-pyrrole nitrogens is 1. The Morgan fingerprint density at radius 3 is 2.48 bits per heavy atom. The number of fused-ring (bicyclic) bond motifs is 3. The van der Waals surface area contributed by atoms with Gasteiger partial charge in [0.1, 0.15) is 11.6 Å². The van der Waals surface area contributed by atoms with E-state index in [1.807, 2.05) is 4.90 Å². The summed E-state index contributed by atoms with van der Waals surface area (Å²) in [5.74, 6) is -2.53. The van der Waals surface area contributed by atoms with Gasteiger partial charge in [0.15, 0.2) is 0 Å². The molecule has 3 aromatic rings. The largest absolute Gasteiger partial charge is 0.465 e. The fourth-order valence-electron chi connectivity index (χ4n) is 5.86. The van der Waals surface area contributed by atoms with E-state index in [0.29, 0.717) is 42.5 Å². The van der Waals surface area contributed by atoms with Gasteiger partial charge in [0.25, 0.3) is 0 Å². The lowest BCUT2D eigenvalue weighted by atomic mass is 9.88. The van der Waals surface area contributed by atoms with Crippen LogP contribution in [0, 0.1) is 11.6 Å². The Labute approximate surface area is 227 Å². The van der Waals surface area contributed by atoms with Gasteiger partial charge >= 0.3 is 12.1 Å². The highest BCUT2D eigenvalue weighted by molar-refractivity contribution is 5.96. The van der Waals surface area contributed by atoms with Crippen LogP contribution in [0.4, 0.5) is 32.0 Å². The lowest BCUT2D eigenvalue weighted by molar-refractivity contribution is -0.155. The summed E-state index contributed by atoms with van der Waals surface area (Å²) in [6.07, 6.45) is -3.98. The van der Waals surface area contributed by atoms with Gasteiger partial charge in [-0.05, 0) is 49.6 Å². The molecule has 0 amide bonds. The zero-order chi connectivity index (χ0) is 28.8. The van der Waals surface area contributed by atoms with Crippen LogP contribution in [0.15, 0.2) is 30.3 Å². The maximum Gasteiger partial charge on any atom is 0.401 e. The van der Waals surface area contributed by atoms with Gasteiger partial charge in [-0.15, -0.1) is 0 Å². The molecule has 1 saturated heterocycles. The fraction of sp³-hybridized carbons (Fsp3) is 0.464. The van der Waals surface area contributed by atoms with Gasteiger partial charge in [0.2, 0.25) is 0 Å². The summed E-state index contributed by atoms with van der Waals surface area (Å²) in [4.78, 5) is 18.2. The zero-order valence-corrected chi connectivity index (χ0v) is 22.0. The van der Waals surface area contributed by atoms with E-state index in [1.165, 1.54) is 13.2 Å². The summed E-state index contributed by atoms with van der Waals surface area (Å²) in [6, 6.07) is 4.77. The normalized spacial score (nSPS) is 20.4. The Kier molecular flexibility index (Phi) is 7.75. The summed E-state index contributed by atoms with van der Waals surface area (Å²) in [5, 5.41) is 3.72. The molecule has 216 valence electrons. The molecule has 2 N–H and O–H groups in total. The van der Waals surface area contributed by atoms with E-state index in [0.717, 1.165) is 17.0 Å². The molecular formula is C28H30F6N4O2. The summed E-state index contributed by atoms with van der Waals surface area (Å²) in [7, 11) is 1.23. The van der Waals surface area contributed by atoms with Crippen molar-refractivity contribution in [3.8, 4) is 0 Å². The molecule has 0 bridgehead atoms. The number of nitrogens with zero attached hydrogens (tertiary/aromatic N) is 2. The predicted molar refractivity (Wildman–Crippen MR) is 138 cm³/mol. The van der Waals surface area contributed by atoms with Crippen molar-refractivity contribution in [1.82, 2.24) is 14.8 Å². The highest BCUT2D eigenvalue weighted by atomic mass is 19.4. The standard InChI is InChI=1S/C28H30F6N4O2/c1-15-8-20-19-5-4-16(27(39)40-2)9-23(19)36-25(20)26(38(15)14-28(32,33)34)24-21(30)10-17(11-22(24)31)35-18-12-37(13-18)7-3-6-29/h4-5,9-11,15,18,26,35-36H,3,6-8,12-14H2,1-2H3/t15-,26-/m1/s1. The molecule has 1 aromatic heterocycles. The van der Waals surface area contributed by atoms with Crippen LogP contribution in [0.3, 0.4) is 0 Å². The van der Waals surface area contributed by atoms with Gasteiger partial charge in [-0.3, -0.25) is 14.2 Å². The fourth-order valence-corrected chi connectivity index (χ4v) is 5.86. The Morgan fingerprint density at radius 1 is 1.15 bits per heavy atom. The first-order valence-corrected chi connectivity index (χ1v) is 13.1. The monoisotopic (exact) mass is 568 g/mol. The van der Waals surface area contributed by atoms with Crippen LogP contribution in [-0.4, -0.2) is 79.0 Å². The van der Waals surface area contributed by atoms with E-state index in [2.05, 4.69) is 10.3 Å². The molecule has 3 heterocycles. The van der Waals surface area contributed by atoms with E-state index in [-0.39, 0.29) is 29.4 Å². The molecular weight excluding hydrogens is 538 g/mol. The van der Waals surface area contributed by atoms with Crippen LogP contribution in [-0.2, 0) is 11.2 Å². The average Bonchev–Trinajstić information content (AvgIpc) is 3.22. The molecule has 2 aromatic carbocycles. The molecule has 0 spiro atoms. The lowest BCUT2D eigenvalue weighted by Gasteiger charge is -2.41. The van der Waals surface area contributed by atoms with Gasteiger partial charge in [-0.2, -0.15) is 13.2 Å². The minimum Gasteiger partial charge on any atom is -0.465 e. The topological polar surface area (TPSA) is 60.6 Å². The van der Waals surface area contributed by atoms with Gasteiger partial charge in [-0.25, -0.2) is 13.6 Å². The quantitative estimate of drug-likeness (QED) is 0.274. The summed E-state index contributed by atoms with van der Waals surface area (Å²) >= 11 is 0. The summed E-state index contributed by atoms with van der Waals surface area (Å²) < 4.78 is 89.6. The number of carbonyl (C=O) groups is 1.